The van der Waals surface area contributed by atoms with Crippen molar-refractivity contribution in [2.45, 2.75) is 56.8 Å². The summed E-state index contributed by atoms with van der Waals surface area (Å²) in [6.45, 7) is 2.28. The Morgan fingerprint density at radius 1 is 1.26 bits per heavy atom. The molecule has 3 rings (SSSR count). The van der Waals surface area contributed by atoms with E-state index in [9.17, 15) is 0 Å². The Balaban J connectivity index is 1.63. The molecule has 2 saturated heterocycles. The summed E-state index contributed by atoms with van der Waals surface area (Å²) >= 11 is 3.56. The standard InChI is InChI=1S/C16H23BrN2/c1-11(12-4-3-5-13(17)8-12)18-14-9-15-6-7-16(10-14)19(15)2/h3-5,8,11,14-16,18H,6-7,9-10H2,1-2H3/t11-,14?,15?,16?/m1/s1. The first-order valence-corrected chi connectivity index (χ1v) is 8.16. The van der Waals surface area contributed by atoms with Gasteiger partial charge in [0, 0.05) is 28.6 Å². The lowest BCUT2D eigenvalue weighted by Crippen LogP contribution is -2.47. The van der Waals surface area contributed by atoms with E-state index in [1.807, 2.05) is 0 Å². The molecule has 2 heterocycles. The van der Waals surface area contributed by atoms with Gasteiger partial charge in [0.1, 0.15) is 0 Å². The normalized spacial score (nSPS) is 32.5. The molecule has 1 aromatic rings. The van der Waals surface area contributed by atoms with E-state index in [4.69, 9.17) is 0 Å². The minimum atomic E-state index is 0.435. The second-order valence-corrected chi connectivity index (χ2v) is 7.08. The summed E-state index contributed by atoms with van der Waals surface area (Å²) in [5.74, 6) is 0. The molecule has 19 heavy (non-hydrogen) atoms. The lowest BCUT2D eigenvalue weighted by molar-refractivity contribution is 0.144. The largest absolute Gasteiger partial charge is 0.307 e. The van der Waals surface area contributed by atoms with Crippen LogP contribution < -0.4 is 5.32 Å². The van der Waals surface area contributed by atoms with E-state index in [1.165, 1.54) is 35.7 Å². The number of nitrogens with zero attached hydrogens (tertiary/aromatic N) is 1. The molecular formula is C16H23BrN2. The van der Waals surface area contributed by atoms with Crippen LogP contribution in [0.4, 0.5) is 0 Å². The number of nitrogens with one attached hydrogen (secondary N) is 1. The summed E-state index contributed by atoms with van der Waals surface area (Å²) in [5, 5.41) is 3.84. The summed E-state index contributed by atoms with van der Waals surface area (Å²) in [7, 11) is 2.30. The molecule has 3 atom stereocenters. The zero-order chi connectivity index (χ0) is 13.4. The maximum atomic E-state index is 3.84. The van der Waals surface area contributed by atoms with Gasteiger partial charge in [-0.25, -0.2) is 0 Å². The van der Waals surface area contributed by atoms with Crippen LogP contribution in [-0.4, -0.2) is 30.1 Å². The molecule has 0 radical (unpaired) electrons. The molecule has 3 heteroatoms. The van der Waals surface area contributed by atoms with Crippen LogP contribution in [0.3, 0.4) is 0 Å². The molecule has 0 amide bonds. The van der Waals surface area contributed by atoms with Crippen LogP contribution >= 0.6 is 15.9 Å². The number of hydrogen-bond donors (Lipinski definition) is 1. The quantitative estimate of drug-likeness (QED) is 0.912. The minimum Gasteiger partial charge on any atom is -0.307 e. The first-order valence-electron chi connectivity index (χ1n) is 7.37. The Morgan fingerprint density at radius 3 is 2.58 bits per heavy atom. The lowest BCUT2D eigenvalue weighted by Gasteiger charge is -2.38. The van der Waals surface area contributed by atoms with Crippen molar-refractivity contribution in [1.29, 1.82) is 0 Å². The molecule has 0 aromatic heterocycles. The van der Waals surface area contributed by atoms with Gasteiger partial charge in [-0.2, -0.15) is 0 Å². The van der Waals surface area contributed by atoms with Gasteiger partial charge in [0.2, 0.25) is 0 Å². The van der Waals surface area contributed by atoms with Crippen molar-refractivity contribution in [3.63, 3.8) is 0 Å². The van der Waals surface area contributed by atoms with E-state index < -0.39 is 0 Å². The Labute approximate surface area is 124 Å². The highest BCUT2D eigenvalue weighted by Crippen LogP contribution is 2.35. The van der Waals surface area contributed by atoms with Gasteiger partial charge in [0.25, 0.3) is 0 Å². The molecule has 2 unspecified atom stereocenters. The zero-order valence-electron chi connectivity index (χ0n) is 11.8. The SMILES string of the molecule is C[C@@H](NC1CC2CCC(C1)N2C)c1cccc(Br)c1. The molecular weight excluding hydrogens is 300 g/mol. The Kier molecular flexibility index (Phi) is 3.97. The first-order chi connectivity index (χ1) is 9.13. The molecule has 1 aromatic carbocycles. The van der Waals surface area contributed by atoms with Gasteiger partial charge in [-0.3, -0.25) is 0 Å². The average molecular weight is 323 g/mol. The predicted octanol–water partition coefficient (Wildman–Crippen LogP) is 3.72. The first kappa shape index (κ1) is 13.6. The van der Waals surface area contributed by atoms with E-state index in [-0.39, 0.29) is 0 Å². The van der Waals surface area contributed by atoms with E-state index in [0.29, 0.717) is 12.1 Å². The number of piperidine rings is 1. The lowest BCUT2D eigenvalue weighted by atomic mass is 9.96. The van der Waals surface area contributed by atoms with Gasteiger partial charge in [-0.15, -0.1) is 0 Å². The average Bonchev–Trinajstić information content (AvgIpc) is 2.62. The van der Waals surface area contributed by atoms with Crippen molar-refractivity contribution >= 4 is 15.9 Å². The number of hydrogen-bond acceptors (Lipinski definition) is 2. The molecule has 2 aliphatic rings. The van der Waals surface area contributed by atoms with Crippen molar-refractivity contribution < 1.29 is 0 Å². The summed E-state index contributed by atoms with van der Waals surface area (Å²) in [5.41, 5.74) is 1.38. The third-order valence-corrected chi connectivity index (χ3v) is 5.43. The topological polar surface area (TPSA) is 15.3 Å². The molecule has 2 nitrogen and oxygen atoms in total. The smallest absolute Gasteiger partial charge is 0.0294 e. The maximum Gasteiger partial charge on any atom is 0.0294 e. The van der Waals surface area contributed by atoms with Crippen molar-refractivity contribution in [3.05, 3.63) is 34.3 Å². The van der Waals surface area contributed by atoms with Crippen LogP contribution in [0.15, 0.2) is 28.7 Å². The van der Waals surface area contributed by atoms with E-state index >= 15 is 0 Å². The number of rotatable bonds is 3. The number of benzene rings is 1. The molecule has 2 aliphatic heterocycles. The van der Waals surface area contributed by atoms with Crippen LogP contribution in [0.2, 0.25) is 0 Å². The highest BCUT2D eigenvalue weighted by atomic mass is 79.9. The third-order valence-electron chi connectivity index (χ3n) is 4.93. The van der Waals surface area contributed by atoms with Gasteiger partial charge in [0.15, 0.2) is 0 Å². The fourth-order valence-electron chi connectivity index (χ4n) is 3.77. The van der Waals surface area contributed by atoms with E-state index in [2.05, 4.69) is 64.4 Å². The molecule has 0 spiro atoms. The monoisotopic (exact) mass is 322 g/mol. The van der Waals surface area contributed by atoms with Gasteiger partial charge < -0.3 is 10.2 Å². The Bertz CT molecular complexity index is 434. The summed E-state index contributed by atoms with van der Waals surface area (Å²) in [4.78, 5) is 2.60. The zero-order valence-corrected chi connectivity index (χ0v) is 13.4. The summed E-state index contributed by atoms with van der Waals surface area (Å²) in [6, 6.07) is 11.4. The molecule has 1 N–H and O–H groups in total. The Morgan fingerprint density at radius 2 is 1.95 bits per heavy atom. The van der Waals surface area contributed by atoms with Crippen molar-refractivity contribution in [3.8, 4) is 0 Å². The third kappa shape index (κ3) is 2.88. The van der Waals surface area contributed by atoms with Crippen LogP contribution in [0.1, 0.15) is 44.2 Å². The molecule has 2 fully saturated rings. The van der Waals surface area contributed by atoms with Gasteiger partial charge in [-0.05, 0) is 57.4 Å². The van der Waals surface area contributed by atoms with Crippen molar-refractivity contribution in [2.75, 3.05) is 7.05 Å². The van der Waals surface area contributed by atoms with Crippen molar-refractivity contribution in [1.82, 2.24) is 10.2 Å². The Hall–Kier alpha value is -0.380. The summed E-state index contributed by atoms with van der Waals surface area (Å²) in [6.07, 6.45) is 5.41. The molecule has 2 bridgehead atoms. The fraction of sp³-hybridized carbons (Fsp3) is 0.625. The number of fused-ring (bicyclic) bond motifs is 2. The van der Waals surface area contributed by atoms with Crippen LogP contribution in [0.25, 0.3) is 0 Å². The molecule has 0 saturated carbocycles. The van der Waals surface area contributed by atoms with Gasteiger partial charge in [0.05, 0.1) is 0 Å². The fourth-order valence-corrected chi connectivity index (χ4v) is 4.19. The second kappa shape index (κ2) is 5.55. The van der Waals surface area contributed by atoms with E-state index in [1.54, 1.807) is 0 Å². The molecule has 104 valence electrons. The molecule has 0 aliphatic carbocycles. The van der Waals surface area contributed by atoms with Crippen LogP contribution in [0, 0.1) is 0 Å². The van der Waals surface area contributed by atoms with Crippen LogP contribution in [0.5, 0.6) is 0 Å². The van der Waals surface area contributed by atoms with E-state index in [0.717, 1.165) is 12.1 Å². The highest BCUT2D eigenvalue weighted by Gasteiger charge is 2.38. The van der Waals surface area contributed by atoms with Crippen LogP contribution in [-0.2, 0) is 0 Å². The van der Waals surface area contributed by atoms with Gasteiger partial charge >= 0.3 is 0 Å². The number of halogens is 1. The predicted molar refractivity (Wildman–Crippen MR) is 83.3 cm³/mol. The highest BCUT2D eigenvalue weighted by molar-refractivity contribution is 9.10. The second-order valence-electron chi connectivity index (χ2n) is 6.16. The van der Waals surface area contributed by atoms with Gasteiger partial charge in [-0.1, -0.05) is 28.1 Å². The minimum absolute atomic E-state index is 0.435. The maximum absolute atomic E-state index is 3.84. The van der Waals surface area contributed by atoms with Crippen molar-refractivity contribution in [2.24, 2.45) is 0 Å². The summed E-state index contributed by atoms with van der Waals surface area (Å²) < 4.78 is 1.17.